The van der Waals surface area contributed by atoms with Crippen LogP contribution in [0.3, 0.4) is 0 Å². The van der Waals surface area contributed by atoms with Crippen molar-refractivity contribution < 1.29 is 23.8 Å². The molecule has 1 spiro atoms. The zero-order chi connectivity index (χ0) is 23.4. The fourth-order valence-electron chi connectivity index (χ4n) is 5.25. The van der Waals surface area contributed by atoms with Gasteiger partial charge in [0.25, 0.3) is 0 Å². The predicted molar refractivity (Wildman–Crippen MR) is 121 cm³/mol. The Morgan fingerprint density at radius 1 is 1.18 bits per heavy atom. The number of para-hydroxylation sites is 2. The van der Waals surface area contributed by atoms with Gasteiger partial charge in [-0.1, -0.05) is 12.1 Å². The molecule has 9 heteroatoms. The van der Waals surface area contributed by atoms with Crippen LogP contribution in [-0.2, 0) is 25.6 Å². The number of aromatic nitrogens is 2. The van der Waals surface area contributed by atoms with E-state index in [1.165, 1.54) is 7.11 Å². The molecule has 1 aromatic carbocycles. The molecule has 1 aromatic heterocycles. The molecule has 0 bridgehead atoms. The Labute approximate surface area is 194 Å². The van der Waals surface area contributed by atoms with Crippen LogP contribution in [0.1, 0.15) is 24.8 Å². The van der Waals surface area contributed by atoms with Gasteiger partial charge in [0.05, 0.1) is 38.5 Å². The highest BCUT2D eigenvalue weighted by Gasteiger charge is 2.56. The number of carbonyl (C=O) groups excluding carboxylic acids is 2. The molecule has 0 aliphatic carbocycles. The van der Waals surface area contributed by atoms with Gasteiger partial charge < -0.3 is 19.1 Å². The van der Waals surface area contributed by atoms with Crippen molar-refractivity contribution in [2.24, 2.45) is 5.92 Å². The van der Waals surface area contributed by atoms with Crippen molar-refractivity contribution in [2.75, 3.05) is 47.6 Å². The highest BCUT2D eigenvalue weighted by Crippen LogP contribution is 2.44. The Balaban J connectivity index is 1.46. The number of amides is 1. The van der Waals surface area contributed by atoms with Crippen molar-refractivity contribution in [1.29, 1.82) is 0 Å². The second-order valence-corrected chi connectivity index (χ2v) is 8.66. The largest absolute Gasteiger partial charge is 0.494 e. The lowest BCUT2D eigenvalue weighted by Crippen LogP contribution is -2.58. The van der Waals surface area contributed by atoms with E-state index < -0.39 is 11.5 Å². The first-order chi connectivity index (χ1) is 16.0. The van der Waals surface area contributed by atoms with Crippen LogP contribution in [0.2, 0.25) is 0 Å². The first kappa shape index (κ1) is 23.3. The van der Waals surface area contributed by atoms with Gasteiger partial charge in [-0.25, -0.2) is 4.68 Å². The van der Waals surface area contributed by atoms with E-state index in [4.69, 9.17) is 14.2 Å². The van der Waals surface area contributed by atoms with Crippen LogP contribution in [0.25, 0.3) is 5.69 Å². The Morgan fingerprint density at radius 2 is 1.94 bits per heavy atom. The average Bonchev–Trinajstić information content (AvgIpc) is 3.41. The topological polar surface area (TPSA) is 86.1 Å². The molecule has 2 aliphatic heterocycles. The molecule has 2 fully saturated rings. The Bertz CT molecular complexity index is 983. The molecule has 178 valence electrons. The number of nitrogens with zero attached hydrogens (tertiary/aromatic N) is 4. The summed E-state index contributed by atoms with van der Waals surface area (Å²) in [6, 6.07) is 7.77. The minimum Gasteiger partial charge on any atom is -0.494 e. The molecule has 0 radical (unpaired) electrons. The lowest BCUT2D eigenvalue weighted by molar-refractivity contribution is -0.150. The van der Waals surface area contributed by atoms with Crippen molar-refractivity contribution in [3.05, 3.63) is 42.2 Å². The standard InChI is InChI=1S/C24H32N4O5/c1-31-13-12-27-22(29)14-19(23(30)33-3)24(27)8-10-26(11-9-24)16-18-15-25-28(17-18)20-6-4-5-7-21(20)32-2/h4-7,15,17,19H,8-14,16H2,1-3H3. The average molecular weight is 457 g/mol. The number of carbonyl (C=O) groups is 2. The summed E-state index contributed by atoms with van der Waals surface area (Å²) in [7, 11) is 4.67. The minimum atomic E-state index is -0.499. The molecule has 4 rings (SSSR count). The summed E-state index contributed by atoms with van der Waals surface area (Å²) < 4.78 is 17.6. The monoisotopic (exact) mass is 456 g/mol. The SMILES string of the molecule is COCCN1C(=O)CC(C(=O)OC)C12CCN(Cc1cnn(-c3ccccc3OC)c1)CC2. The smallest absolute Gasteiger partial charge is 0.311 e. The molecule has 0 N–H and O–H groups in total. The van der Waals surface area contributed by atoms with Gasteiger partial charge in [0.2, 0.25) is 5.91 Å². The predicted octanol–water partition coefficient (Wildman–Crippen LogP) is 1.88. The molecule has 9 nitrogen and oxygen atoms in total. The van der Waals surface area contributed by atoms with Gasteiger partial charge >= 0.3 is 5.97 Å². The summed E-state index contributed by atoms with van der Waals surface area (Å²) in [6.45, 7) is 3.26. The zero-order valence-corrected chi connectivity index (χ0v) is 19.5. The van der Waals surface area contributed by atoms with Gasteiger partial charge in [-0.2, -0.15) is 5.10 Å². The van der Waals surface area contributed by atoms with Crippen molar-refractivity contribution in [2.45, 2.75) is 31.3 Å². The second kappa shape index (κ2) is 9.93. The molecule has 3 heterocycles. The molecule has 2 saturated heterocycles. The summed E-state index contributed by atoms with van der Waals surface area (Å²) in [5.41, 5.74) is 1.49. The fraction of sp³-hybridized carbons (Fsp3) is 0.542. The molecular formula is C24H32N4O5. The Morgan fingerprint density at radius 3 is 2.64 bits per heavy atom. The van der Waals surface area contributed by atoms with Crippen LogP contribution in [0.5, 0.6) is 5.75 Å². The molecule has 2 aliphatic rings. The number of ether oxygens (including phenoxy) is 3. The van der Waals surface area contributed by atoms with E-state index in [1.807, 2.05) is 46.2 Å². The summed E-state index contributed by atoms with van der Waals surface area (Å²) in [4.78, 5) is 29.5. The quantitative estimate of drug-likeness (QED) is 0.561. The highest BCUT2D eigenvalue weighted by atomic mass is 16.5. The molecule has 1 unspecified atom stereocenters. The van der Waals surface area contributed by atoms with Gasteiger partial charge in [0, 0.05) is 51.5 Å². The van der Waals surface area contributed by atoms with Crippen molar-refractivity contribution in [3.8, 4) is 11.4 Å². The molecular weight excluding hydrogens is 424 g/mol. The van der Waals surface area contributed by atoms with Gasteiger partial charge in [-0.05, 0) is 25.0 Å². The number of rotatable bonds is 8. The van der Waals surface area contributed by atoms with E-state index in [0.717, 1.165) is 49.5 Å². The minimum absolute atomic E-state index is 0.00832. The van der Waals surface area contributed by atoms with Gasteiger partial charge in [-0.15, -0.1) is 0 Å². The van der Waals surface area contributed by atoms with Crippen molar-refractivity contribution in [1.82, 2.24) is 19.6 Å². The van der Waals surface area contributed by atoms with E-state index >= 15 is 0 Å². The maximum atomic E-state index is 12.8. The van der Waals surface area contributed by atoms with E-state index in [9.17, 15) is 9.59 Å². The van der Waals surface area contributed by atoms with Crippen LogP contribution >= 0.6 is 0 Å². The Hall–Kier alpha value is -2.91. The first-order valence-electron chi connectivity index (χ1n) is 11.3. The first-order valence-corrected chi connectivity index (χ1v) is 11.3. The second-order valence-electron chi connectivity index (χ2n) is 8.66. The lowest BCUT2D eigenvalue weighted by atomic mass is 9.76. The molecule has 2 aromatic rings. The zero-order valence-electron chi connectivity index (χ0n) is 19.5. The molecule has 1 atom stereocenters. The van der Waals surface area contributed by atoms with Crippen LogP contribution < -0.4 is 4.74 Å². The van der Waals surface area contributed by atoms with Crippen LogP contribution in [-0.4, -0.2) is 84.6 Å². The van der Waals surface area contributed by atoms with Crippen LogP contribution in [0.15, 0.2) is 36.7 Å². The van der Waals surface area contributed by atoms with Gasteiger partial charge in [-0.3, -0.25) is 14.5 Å². The third-order valence-electron chi connectivity index (χ3n) is 6.97. The summed E-state index contributed by atoms with van der Waals surface area (Å²) in [6.07, 6.45) is 5.55. The summed E-state index contributed by atoms with van der Waals surface area (Å²) in [5.74, 6) is 0.0501. The number of piperidine rings is 1. The number of hydrogen-bond donors (Lipinski definition) is 0. The van der Waals surface area contributed by atoms with E-state index in [0.29, 0.717) is 13.2 Å². The lowest BCUT2D eigenvalue weighted by Gasteiger charge is -2.47. The van der Waals surface area contributed by atoms with E-state index in [-0.39, 0.29) is 18.3 Å². The van der Waals surface area contributed by atoms with E-state index in [1.54, 1.807) is 14.2 Å². The number of likely N-dealkylation sites (tertiary alicyclic amines) is 2. The summed E-state index contributed by atoms with van der Waals surface area (Å²) in [5, 5.41) is 4.52. The number of benzene rings is 1. The number of esters is 1. The highest BCUT2D eigenvalue weighted by molar-refractivity contribution is 5.89. The van der Waals surface area contributed by atoms with Crippen LogP contribution in [0, 0.1) is 5.92 Å². The summed E-state index contributed by atoms with van der Waals surface area (Å²) >= 11 is 0. The third-order valence-corrected chi connectivity index (χ3v) is 6.97. The fourth-order valence-corrected chi connectivity index (χ4v) is 5.25. The Kier molecular flexibility index (Phi) is 6.99. The van der Waals surface area contributed by atoms with Crippen molar-refractivity contribution >= 4 is 11.9 Å². The van der Waals surface area contributed by atoms with E-state index in [2.05, 4.69) is 10.00 Å². The normalized spacial score (nSPS) is 20.4. The molecule has 1 amide bonds. The van der Waals surface area contributed by atoms with Gasteiger partial charge in [0.1, 0.15) is 11.4 Å². The molecule has 0 saturated carbocycles. The van der Waals surface area contributed by atoms with Crippen molar-refractivity contribution in [3.63, 3.8) is 0 Å². The number of hydrogen-bond acceptors (Lipinski definition) is 7. The maximum absolute atomic E-state index is 12.8. The van der Waals surface area contributed by atoms with Crippen LogP contribution in [0.4, 0.5) is 0 Å². The number of methoxy groups -OCH3 is 3. The third kappa shape index (κ3) is 4.47. The maximum Gasteiger partial charge on any atom is 0.311 e. The van der Waals surface area contributed by atoms with Gasteiger partial charge in [0.15, 0.2) is 0 Å². The molecule has 33 heavy (non-hydrogen) atoms.